The van der Waals surface area contributed by atoms with E-state index in [1.54, 1.807) is 23.1 Å². The summed E-state index contributed by atoms with van der Waals surface area (Å²) in [5.74, 6) is 0.449. The van der Waals surface area contributed by atoms with E-state index < -0.39 is 16.1 Å². The lowest BCUT2D eigenvalue weighted by atomic mass is 10.2. The zero-order chi connectivity index (χ0) is 20.6. The average molecular weight is 411 g/mol. The Morgan fingerprint density at radius 2 is 2.07 bits per heavy atom. The molecule has 2 aromatic carbocycles. The van der Waals surface area contributed by atoms with E-state index in [2.05, 4.69) is 25.5 Å². The zero-order valence-electron chi connectivity index (χ0n) is 16.0. The van der Waals surface area contributed by atoms with Crippen molar-refractivity contribution in [2.24, 2.45) is 15.7 Å². The van der Waals surface area contributed by atoms with Gasteiger partial charge in [-0.15, -0.1) is 0 Å². The van der Waals surface area contributed by atoms with Crippen molar-refractivity contribution in [3.63, 3.8) is 0 Å². The average Bonchev–Trinajstić information content (AvgIpc) is 3.01. The maximum Gasteiger partial charge on any atom is 0.212 e. The number of aromatic amines is 1. The molecule has 0 amide bonds. The van der Waals surface area contributed by atoms with Gasteiger partial charge in [0.15, 0.2) is 16.1 Å². The zero-order valence-corrected chi connectivity index (χ0v) is 16.8. The molecular formula is C19H21N7O2S. The molecule has 0 radical (unpaired) electrons. The second-order valence-corrected chi connectivity index (χ2v) is 9.09. The lowest BCUT2D eigenvalue weighted by Gasteiger charge is -2.31. The van der Waals surface area contributed by atoms with Gasteiger partial charge < -0.3 is 5.32 Å². The van der Waals surface area contributed by atoms with Crippen LogP contribution in [0, 0.1) is 6.92 Å². The molecule has 1 aromatic heterocycles. The minimum absolute atomic E-state index is 0.0329. The van der Waals surface area contributed by atoms with Gasteiger partial charge in [-0.25, -0.2) is 18.4 Å². The maximum atomic E-state index is 11.6. The number of nitrogens with one attached hydrogen (secondary N) is 2. The summed E-state index contributed by atoms with van der Waals surface area (Å²) in [6, 6.07) is 13.0. The smallest absolute Gasteiger partial charge is 0.212 e. The largest absolute Gasteiger partial charge is 0.325 e. The first-order chi connectivity index (χ1) is 13.8. The Hall–Kier alpha value is -3.24. The molecule has 1 aliphatic rings. The van der Waals surface area contributed by atoms with Crippen molar-refractivity contribution in [1.82, 2.24) is 10.2 Å². The third-order valence-electron chi connectivity index (χ3n) is 4.51. The predicted molar refractivity (Wildman–Crippen MR) is 116 cm³/mol. The second-order valence-electron chi connectivity index (χ2n) is 6.95. The highest BCUT2D eigenvalue weighted by molar-refractivity contribution is 7.89. The number of nitrogens with zero attached hydrogens (tertiary/aromatic N) is 4. The molecule has 0 bridgehead atoms. The van der Waals surface area contributed by atoms with Gasteiger partial charge >= 0.3 is 0 Å². The Bertz CT molecular complexity index is 1230. The molecule has 10 heteroatoms. The van der Waals surface area contributed by atoms with E-state index in [0.717, 1.165) is 22.3 Å². The minimum atomic E-state index is -3.13. The summed E-state index contributed by atoms with van der Waals surface area (Å²) < 4.78 is 23.2. The fourth-order valence-corrected chi connectivity index (χ4v) is 4.02. The van der Waals surface area contributed by atoms with E-state index in [1.165, 1.54) is 12.6 Å². The van der Waals surface area contributed by atoms with Gasteiger partial charge in [0.1, 0.15) is 6.34 Å². The second kappa shape index (κ2) is 7.30. The van der Waals surface area contributed by atoms with Crippen molar-refractivity contribution < 1.29 is 8.42 Å². The van der Waals surface area contributed by atoms with Crippen LogP contribution in [0.15, 0.2) is 52.4 Å². The Morgan fingerprint density at radius 1 is 1.24 bits per heavy atom. The standard InChI is InChI=1S/C19H21N7O2S/c1-12-16-7-6-15(9-17(16)25-24-12)26-18(20)21-11-22-19(26)23-14-5-3-4-13(8-14)10-29(2,27)28/h3-9,11,18H,10,20H2,1-2H3,(H,24,25)(H,21,22,23). The van der Waals surface area contributed by atoms with E-state index in [1.807, 2.05) is 31.2 Å². The van der Waals surface area contributed by atoms with E-state index in [-0.39, 0.29) is 5.75 Å². The molecule has 0 aliphatic carbocycles. The topological polar surface area (TPSA) is 129 Å². The number of guanidine groups is 1. The Balaban J connectivity index is 1.65. The third kappa shape index (κ3) is 4.13. The van der Waals surface area contributed by atoms with E-state index in [4.69, 9.17) is 5.73 Å². The highest BCUT2D eigenvalue weighted by Gasteiger charge is 2.23. The molecule has 0 saturated carbocycles. The van der Waals surface area contributed by atoms with Gasteiger partial charge in [-0.2, -0.15) is 5.10 Å². The Kier molecular flexibility index (Phi) is 4.81. The number of nitrogens with two attached hydrogens (primary N) is 1. The quantitative estimate of drug-likeness (QED) is 0.602. The highest BCUT2D eigenvalue weighted by Crippen LogP contribution is 2.25. The molecule has 0 saturated heterocycles. The van der Waals surface area contributed by atoms with Crippen LogP contribution in [0.2, 0.25) is 0 Å². The first kappa shape index (κ1) is 19.1. The molecule has 4 N–H and O–H groups in total. The molecule has 29 heavy (non-hydrogen) atoms. The molecule has 9 nitrogen and oxygen atoms in total. The van der Waals surface area contributed by atoms with Crippen molar-refractivity contribution in [3.8, 4) is 0 Å². The van der Waals surface area contributed by atoms with E-state index in [9.17, 15) is 8.42 Å². The summed E-state index contributed by atoms with van der Waals surface area (Å²) in [7, 11) is -3.13. The number of fused-ring (bicyclic) bond motifs is 1. The van der Waals surface area contributed by atoms with Gasteiger partial charge in [0.2, 0.25) is 5.96 Å². The number of hydrogen-bond donors (Lipinski definition) is 3. The van der Waals surface area contributed by atoms with Gasteiger partial charge in [0.25, 0.3) is 0 Å². The lowest BCUT2D eigenvalue weighted by Crippen LogP contribution is -2.49. The molecule has 1 aliphatic heterocycles. The molecule has 4 rings (SSSR count). The van der Waals surface area contributed by atoms with Crippen LogP contribution in [0.5, 0.6) is 0 Å². The van der Waals surface area contributed by atoms with Gasteiger partial charge in [-0.1, -0.05) is 12.1 Å². The first-order valence-corrected chi connectivity index (χ1v) is 11.0. The fraction of sp³-hybridized carbons (Fsp3) is 0.211. The number of aromatic nitrogens is 2. The van der Waals surface area contributed by atoms with Crippen molar-refractivity contribution in [1.29, 1.82) is 0 Å². The number of rotatable bonds is 4. The number of hydrogen-bond acceptors (Lipinski definition) is 8. The van der Waals surface area contributed by atoms with Crippen LogP contribution in [0.25, 0.3) is 10.9 Å². The molecule has 150 valence electrons. The van der Waals surface area contributed by atoms with Gasteiger partial charge in [-0.05, 0) is 42.8 Å². The monoisotopic (exact) mass is 411 g/mol. The third-order valence-corrected chi connectivity index (χ3v) is 5.37. The summed E-state index contributed by atoms with van der Waals surface area (Å²) >= 11 is 0. The van der Waals surface area contributed by atoms with Gasteiger partial charge in [-0.3, -0.25) is 15.7 Å². The lowest BCUT2D eigenvalue weighted by molar-refractivity contribution is 0.601. The summed E-state index contributed by atoms with van der Waals surface area (Å²) in [4.78, 5) is 10.3. The van der Waals surface area contributed by atoms with Crippen LogP contribution >= 0.6 is 0 Å². The van der Waals surface area contributed by atoms with Crippen molar-refractivity contribution >= 4 is 44.4 Å². The van der Waals surface area contributed by atoms with Gasteiger partial charge in [0.05, 0.1) is 11.3 Å². The fourth-order valence-electron chi connectivity index (χ4n) is 3.23. The molecule has 0 fully saturated rings. The number of aliphatic imine (C=N–C) groups is 2. The van der Waals surface area contributed by atoms with Crippen LogP contribution < -0.4 is 16.0 Å². The summed E-state index contributed by atoms with van der Waals surface area (Å²) in [5.41, 5.74) is 10.2. The Labute approximate surface area is 168 Å². The van der Waals surface area contributed by atoms with Crippen LogP contribution in [0.4, 0.5) is 11.4 Å². The van der Waals surface area contributed by atoms with Crippen LogP contribution in [-0.4, -0.2) is 43.5 Å². The number of sulfone groups is 1. The molecule has 3 aromatic rings. The molecule has 1 atom stereocenters. The minimum Gasteiger partial charge on any atom is -0.325 e. The summed E-state index contributed by atoms with van der Waals surface area (Å²) in [6.07, 6.45) is 1.95. The summed E-state index contributed by atoms with van der Waals surface area (Å²) in [5, 5.41) is 11.5. The molecule has 0 spiro atoms. The number of aryl methyl sites for hydroxylation is 1. The first-order valence-electron chi connectivity index (χ1n) is 8.93. The van der Waals surface area contributed by atoms with Crippen molar-refractivity contribution in [2.45, 2.75) is 19.0 Å². The van der Waals surface area contributed by atoms with Crippen LogP contribution in [0.1, 0.15) is 11.3 Å². The molecule has 1 unspecified atom stereocenters. The maximum absolute atomic E-state index is 11.6. The molecule has 2 heterocycles. The van der Waals surface area contributed by atoms with E-state index >= 15 is 0 Å². The SMILES string of the molecule is Cc1[nH]nc2cc(N3C(Nc4cccc(CS(C)(=O)=O)c4)=NC=NC3N)ccc12. The summed E-state index contributed by atoms with van der Waals surface area (Å²) in [6.45, 7) is 1.96. The number of anilines is 2. The van der Waals surface area contributed by atoms with Gasteiger partial charge in [0, 0.05) is 28.7 Å². The van der Waals surface area contributed by atoms with Crippen molar-refractivity contribution in [2.75, 3.05) is 16.5 Å². The predicted octanol–water partition coefficient (Wildman–Crippen LogP) is 1.97. The molecular weight excluding hydrogens is 390 g/mol. The highest BCUT2D eigenvalue weighted by atomic mass is 32.2. The Morgan fingerprint density at radius 3 is 2.86 bits per heavy atom. The van der Waals surface area contributed by atoms with Crippen molar-refractivity contribution in [3.05, 3.63) is 53.7 Å². The number of H-pyrrole nitrogens is 1. The van der Waals surface area contributed by atoms with Crippen LogP contribution in [0.3, 0.4) is 0 Å². The van der Waals surface area contributed by atoms with E-state index in [0.29, 0.717) is 17.2 Å². The number of benzene rings is 2. The van der Waals surface area contributed by atoms with Crippen LogP contribution in [-0.2, 0) is 15.6 Å². The normalized spacial score (nSPS) is 16.9.